The Kier molecular flexibility index (Phi) is 5.89. The Morgan fingerprint density at radius 2 is 2.00 bits per heavy atom. The van der Waals surface area contributed by atoms with Crippen LogP contribution in [0.25, 0.3) is 22.6 Å². The third kappa shape index (κ3) is 4.37. The number of ether oxygens (including phenoxy) is 1. The first-order valence-electron chi connectivity index (χ1n) is 9.72. The van der Waals surface area contributed by atoms with Gasteiger partial charge < -0.3 is 15.8 Å². The average Bonchev–Trinajstić information content (AvgIpc) is 3.25. The summed E-state index contributed by atoms with van der Waals surface area (Å²) in [6.07, 6.45) is 8.55. The number of rotatable bonds is 7. The summed E-state index contributed by atoms with van der Waals surface area (Å²) in [5.41, 5.74) is 11.2. The second-order valence-corrected chi connectivity index (χ2v) is 6.79. The van der Waals surface area contributed by atoms with Gasteiger partial charge in [-0.25, -0.2) is 15.0 Å². The Morgan fingerprint density at radius 3 is 2.74 bits per heavy atom. The van der Waals surface area contributed by atoms with Crippen molar-refractivity contribution in [2.45, 2.75) is 6.54 Å². The molecule has 0 fully saturated rings. The zero-order valence-corrected chi connectivity index (χ0v) is 17.4. The van der Waals surface area contributed by atoms with Crippen LogP contribution in [0.4, 0.5) is 5.82 Å². The van der Waals surface area contributed by atoms with Crippen molar-refractivity contribution in [3.63, 3.8) is 0 Å². The maximum atomic E-state index is 5.67. The fraction of sp³-hybridized carbons (Fsp3) is 0.130. The van der Waals surface area contributed by atoms with Gasteiger partial charge in [-0.15, -0.1) is 0 Å². The van der Waals surface area contributed by atoms with E-state index in [-0.39, 0.29) is 0 Å². The lowest BCUT2D eigenvalue weighted by Gasteiger charge is -2.08. The molecule has 0 aliphatic rings. The number of nitrogens with two attached hydrogens (primary N) is 1. The average molecular weight is 413 g/mol. The van der Waals surface area contributed by atoms with E-state index in [1.165, 1.54) is 0 Å². The molecule has 0 saturated carbocycles. The number of fused-ring (bicyclic) bond motifs is 1. The van der Waals surface area contributed by atoms with Crippen LogP contribution in [0.2, 0.25) is 0 Å². The molecule has 0 saturated heterocycles. The first kappa shape index (κ1) is 20.1. The van der Waals surface area contributed by atoms with Gasteiger partial charge in [-0.2, -0.15) is 0 Å². The highest BCUT2D eigenvalue weighted by Crippen LogP contribution is 2.23. The van der Waals surface area contributed by atoms with Gasteiger partial charge in [0.05, 0.1) is 24.7 Å². The van der Waals surface area contributed by atoms with Gasteiger partial charge in [0, 0.05) is 49.9 Å². The molecule has 31 heavy (non-hydrogen) atoms. The molecule has 0 amide bonds. The number of hydrogen-bond acceptors (Lipinski definition) is 7. The molecule has 0 radical (unpaired) electrons. The van der Waals surface area contributed by atoms with Crippen molar-refractivity contribution in [3.05, 3.63) is 78.5 Å². The van der Waals surface area contributed by atoms with Crippen LogP contribution in [0.5, 0.6) is 5.75 Å². The molecule has 0 aliphatic carbocycles. The van der Waals surface area contributed by atoms with Gasteiger partial charge >= 0.3 is 0 Å². The summed E-state index contributed by atoms with van der Waals surface area (Å²) in [4.78, 5) is 17.2. The summed E-state index contributed by atoms with van der Waals surface area (Å²) in [6, 6.07) is 13.8. The standard InChI is InChI=1S/C23H23N7O/c1-25-13-18(11-24)17-5-3-16(4-6-17)12-26-22-10-20(28-15-29-22)21-14-27-23-9-19(31-2)7-8-30(21)23/h3-11,13-15H,12,24H2,1-2H3,(H,26,28,29)/b18-11+,25-13?. The summed E-state index contributed by atoms with van der Waals surface area (Å²) < 4.78 is 7.23. The van der Waals surface area contributed by atoms with Crippen LogP contribution >= 0.6 is 0 Å². The van der Waals surface area contributed by atoms with Crippen molar-refractivity contribution in [1.82, 2.24) is 19.4 Å². The molecule has 0 atom stereocenters. The van der Waals surface area contributed by atoms with E-state index in [0.29, 0.717) is 6.54 Å². The summed E-state index contributed by atoms with van der Waals surface area (Å²) >= 11 is 0. The number of hydrogen-bond donors (Lipinski definition) is 2. The minimum atomic E-state index is 0.630. The third-order valence-electron chi connectivity index (χ3n) is 4.86. The molecule has 3 heterocycles. The van der Waals surface area contributed by atoms with E-state index in [1.807, 2.05) is 40.9 Å². The number of pyridine rings is 1. The molecule has 4 rings (SSSR count). The lowest BCUT2D eigenvalue weighted by molar-refractivity contribution is 0.414. The predicted octanol–water partition coefficient (Wildman–Crippen LogP) is 3.41. The number of allylic oxidation sites excluding steroid dienone is 1. The summed E-state index contributed by atoms with van der Waals surface area (Å²) in [5.74, 6) is 1.50. The Hall–Kier alpha value is -4.20. The quantitative estimate of drug-likeness (QED) is 0.450. The van der Waals surface area contributed by atoms with Crippen LogP contribution in [0.15, 0.2) is 72.4 Å². The van der Waals surface area contributed by atoms with E-state index in [0.717, 1.165) is 45.3 Å². The molecule has 0 bridgehead atoms. The molecular weight excluding hydrogens is 390 g/mol. The van der Waals surface area contributed by atoms with E-state index >= 15 is 0 Å². The largest absolute Gasteiger partial charge is 0.497 e. The Balaban J connectivity index is 1.50. The maximum Gasteiger partial charge on any atom is 0.140 e. The van der Waals surface area contributed by atoms with Crippen LogP contribution in [0.1, 0.15) is 11.1 Å². The van der Waals surface area contributed by atoms with Gasteiger partial charge in [0.15, 0.2) is 0 Å². The molecule has 0 spiro atoms. The van der Waals surface area contributed by atoms with Crippen molar-refractivity contribution in [2.24, 2.45) is 10.7 Å². The first-order chi connectivity index (χ1) is 15.2. The number of imidazole rings is 1. The smallest absolute Gasteiger partial charge is 0.140 e. The minimum absolute atomic E-state index is 0.630. The Morgan fingerprint density at radius 1 is 1.16 bits per heavy atom. The second-order valence-electron chi connectivity index (χ2n) is 6.79. The predicted molar refractivity (Wildman–Crippen MR) is 123 cm³/mol. The number of methoxy groups -OCH3 is 1. The fourth-order valence-electron chi connectivity index (χ4n) is 3.23. The van der Waals surface area contributed by atoms with E-state index < -0.39 is 0 Å². The number of aromatic nitrogens is 4. The Bertz CT molecular complexity index is 1240. The van der Waals surface area contributed by atoms with Crippen LogP contribution in [0.3, 0.4) is 0 Å². The third-order valence-corrected chi connectivity index (χ3v) is 4.86. The van der Waals surface area contributed by atoms with Crippen molar-refractivity contribution >= 4 is 23.3 Å². The molecule has 3 aromatic heterocycles. The zero-order chi connectivity index (χ0) is 21.6. The normalized spacial score (nSPS) is 11.9. The molecule has 156 valence electrons. The molecule has 3 N–H and O–H groups in total. The van der Waals surface area contributed by atoms with Crippen molar-refractivity contribution < 1.29 is 4.74 Å². The highest BCUT2D eigenvalue weighted by Gasteiger charge is 2.09. The lowest BCUT2D eigenvalue weighted by atomic mass is 10.1. The van der Waals surface area contributed by atoms with Crippen LogP contribution in [-0.2, 0) is 6.54 Å². The Labute approximate surface area is 180 Å². The number of benzene rings is 1. The summed E-state index contributed by atoms with van der Waals surface area (Å²) in [5, 5.41) is 3.35. The van der Waals surface area contributed by atoms with Crippen LogP contribution in [0, 0.1) is 0 Å². The summed E-state index contributed by atoms with van der Waals surface area (Å²) in [6.45, 7) is 0.630. The lowest BCUT2D eigenvalue weighted by Crippen LogP contribution is -2.03. The number of aliphatic imine (C=N–C) groups is 1. The van der Waals surface area contributed by atoms with Crippen molar-refractivity contribution in [3.8, 4) is 17.1 Å². The van der Waals surface area contributed by atoms with Crippen molar-refractivity contribution in [1.29, 1.82) is 0 Å². The van der Waals surface area contributed by atoms with Crippen LogP contribution < -0.4 is 15.8 Å². The van der Waals surface area contributed by atoms with E-state index in [1.54, 1.807) is 39.1 Å². The van der Waals surface area contributed by atoms with E-state index in [2.05, 4.69) is 37.4 Å². The van der Waals surface area contributed by atoms with Gasteiger partial charge in [0.25, 0.3) is 0 Å². The van der Waals surface area contributed by atoms with Crippen LogP contribution in [-0.4, -0.2) is 39.7 Å². The van der Waals surface area contributed by atoms with Gasteiger partial charge in [-0.05, 0) is 17.2 Å². The molecule has 8 heteroatoms. The number of nitrogens with one attached hydrogen (secondary N) is 1. The maximum absolute atomic E-state index is 5.67. The molecular formula is C23H23N7O. The second kappa shape index (κ2) is 9.08. The van der Waals surface area contributed by atoms with E-state index in [9.17, 15) is 0 Å². The van der Waals surface area contributed by atoms with Gasteiger partial charge in [-0.1, -0.05) is 24.3 Å². The highest BCUT2D eigenvalue weighted by atomic mass is 16.5. The van der Waals surface area contributed by atoms with Gasteiger partial charge in [0.1, 0.15) is 23.5 Å². The van der Waals surface area contributed by atoms with Crippen molar-refractivity contribution in [2.75, 3.05) is 19.5 Å². The SMILES string of the molecule is CN=C/C(=C\N)c1ccc(CNc2cc(-c3cnc4cc(OC)ccn34)ncn2)cc1. The minimum Gasteiger partial charge on any atom is -0.497 e. The molecule has 4 aromatic rings. The first-order valence-corrected chi connectivity index (χ1v) is 9.72. The van der Waals surface area contributed by atoms with Gasteiger partial charge in [0.2, 0.25) is 0 Å². The molecule has 8 nitrogen and oxygen atoms in total. The monoisotopic (exact) mass is 413 g/mol. The molecule has 0 aliphatic heterocycles. The molecule has 0 unspecified atom stereocenters. The number of nitrogens with zero attached hydrogens (tertiary/aromatic N) is 5. The highest BCUT2D eigenvalue weighted by molar-refractivity contribution is 6.09. The van der Waals surface area contributed by atoms with Gasteiger partial charge in [-0.3, -0.25) is 9.39 Å². The fourth-order valence-corrected chi connectivity index (χ4v) is 3.23. The zero-order valence-electron chi connectivity index (χ0n) is 17.4. The van der Waals surface area contributed by atoms with E-state index in [4.69, 9.17) is 10.5 Å². The topological polar surface area (TPSA) is 103 Å². The number of anilines is 1. The summed E-state index contributed by atoms with van der Waals surface area (Å²) in [7, 11) is 3.36. The molecule has 1 aromatic carbocycles.